The maximum atomic E-state index is 10.4. The van der Waals surface area contributed by atoms with E-state index in [1.54, 1.807) is 19.2 Å². The molecule has 0 radical (unpaired) electrons. The van der Waals surface area contributed by atoms with E-state index in [1.165, 1.54) is 6.20 Å². The van der Waals surface area contributed by atoms with Crippen molar-refractivity contribution in [3.05, 3.63) is 30.0 Å². The Morgan fingerprint density at radius 2 is 2.29 bits per heavy atom. The summed E-state index contributed by atoms with van der Waals surface area (Å²) in [4.78, 5) is 25.4. The summed E-state index contributed by atoms with van der Waals surface area (Å²) in [6.45, 7) is 1.80. The number of carbonyl (C=O) groups is 1. The Kier molecular flexibility index (Phi) is 2.06. The number of aryl methyl sites for hydroxylation is 1. The molecule has 0 aromatic carbocycles. The molecule has 0 aliphatic carbocycles. The van der Waals surface area contributed by atoms with Crippen LogP contribution in [0.4, 0.5) is 0 Å². The summed E-state index contributed by atoms with van der Waals surface area (Å²) in [7, 11) is 0. The Morgan fingerprint density at radius 3 is 2.93 bits per heavy atom. The molecule has 0 atom stereocenters. The maximum absolute atomic E-state index is 10.4. The number of H-pyrrole nitrogens is 1. The SMILES string of the molecule is Cc1nccc(-c2ncc(C=O)[nH]2)n1. The largest absolute Gasteiger partial charge is 0.334 e. The van der Waals surface area contributed by atoms with Gasteiger partial charge in [-0.15, -0.1) is 0 Å². The summed E-state index contributed by atoms with van der Waals surface area (Å²) >= 11 is 0. The highest BCUT2D eigenvalue weighted by Gasteiger charge is 2.04. The Labute approximate surface area is 80.2 Å². The summed E-state index contributed by atoms with van der Waals surface area (Å²) in [6.07, 6.45) is 3.84. The highest BCUT2D eigenvalue weighted by Crippen LogP contribution is 2.11. The molecule has 0 aliphatic heterocycles. The minimum atomic E-state index is 0.441. The van der Waals surface area contributed by atoms with Crippen molar-refractivity contribution >= 4 is 6.29 Å². The zero-order valence-electron chi connectivity index (χ0n) is 7.56. The summed E-state index contributed by atoms with van der Waals surface area (Å²) < 4.78 is 0. The van der Waals surface area contributed by atoms with Crippen LogP contribution in [0, 0.1) is 6.92 Å². The number of imidazole rings is 1. The van der Waals surface area contributed by atoms with Gasteiger partial charge in [0.15, 0.2) is 12.1 Å². The van der Waals surface area contributed by atoms with E-state index in [1.807, 2.05) is 0 Å². The Balaban J connectivity index is 2.43. The number of aromatic amines is 1. The summed E-state index contributed by atoms with van der Waals surface area (Å²) in [5.41, 5.74) is 1.13. The van der Waals surface area contributed by atoms with Gasteiger partial charge in [-0.2, -0.15) is 0 Å². The number of carbonyl (C=O) groups excluding carboxylic acids is 1. The number of rotatable bonds is 2. The second-order valence-corrected chi connectivity index (χ2v) is 2.79. The van der Waals surface area contributed by atoms with Gasteiger partial charge in [0.2, 0.25) is 0 Å². The van der Waals surface area contributed by atoms with Crippen LogP contribution in [-0.4, -0.2) is 26.2 Å². The van der Waals surface area contributed by atoms with E-state index < -0.39 is 0 Å². The van der Waals surface area contributed by atoms with Crippen LogP contribution >= 0.6 is 0 Å². The molecule has 2 aromatic rings. The molecule has 5 nitrogen and oxygen atoms in total. The van der Waals surface area contributed by atoms with Crippen LogP contribution in [0.1, 0.15) is 16.3 Å². The molecule has 0 aliphatic rings. The second-order valence-electron chi connectivity index (χ2n) is 2.79. The van der Waals surface area contributed by atoms with Gasteiger partial charge in [-0.25, -0.2) is 15.0 Å². The molecule has 0 saturated carbocycles. The molecule has 2 heterocycles. The topological polar surface area (TPSA) is 71.5 Å². The predicted molar refractivity (Wildman–Crippen MR) is 49.7 cm³/mol. The standard InChI is InChI=1S/C9H8N4O/c1-6-10-3-2-8(12-6)9-11-4-7(5-14)13-9/h2-5H,1H3,(H,11,13). The van der Waals surface area contributed by atoms with Crippen molar-refractivity contribution in [3.63, 3.8) is 0 Å². The Hall–Kier alpha value is -2.04. The van der Waals surface area contributed by atoms with Crippen LogP contribution < -0.4 is 0 Å². The average molecular weight is 188 g/mol. The van der Waals surface area contributed by atoms with Crippen LogP contribution in [0.3, 0.4) is 0 Å². The summed E-state index contributed by atoms with van der Waals surface area (Å²) in [5, 5.41) is 0. The van der Waals surface area contributed by atoms with Gasteiger partial charge in [-0.05, 0) is 13.0 Å². The van der Waals surface area contributed by atoms with Crippen LogP contribution in [0.5, 0.6) is 0 Å². The zero-order valence-corrected chi connectivity index (χ0v) is 7.56. The fourth-order valence-electron chi connectivity index (χ4n) is 1.11. The number of aromatic nitrogens is 4. The van der Waals surface area contributed by atoms with Gasteiger partial charge in [0.05, 0.1) is 11.9 Å². The van der Waals surface area contributed by atoms with Gasteiger partial charge < -0.3 is 4.98 Å². The summed E-state index contributed by atoms with van der Waals surface area (Å²) in [5.74, 6) is 1.25. The predicted octanol–water partition coefficient (Wildman–Crippen LogP) is 0.988. The number of aldehydes is 1. The first-order valence-corrected chi connectivity index (χ1v) is 4.10. The molecule has 1 N–H and O–H groups in total. The molecule has 2 aromatic heterocycles. The number of nitrogens with one attached hydrogen (secondary N) is 1. The number of nitrogens with zero attached hydrogens (tertiary/aromatic N) is 3. The highest BCUT2D eigenvalue weighted by atomic mass is 16.1. The Bertz CT molecular complexity index is 463. The molecule has 5 heteroatoms. The fraction of sp³-hybridized carbons (Fsp3) is 0.111. The smallest absolute Gasteiger partial charge is 0.167 e. The van der Waals surface area contributed by atoms with Gasteiger partial charge in [-0.1, -0.05) is 0 Å². The molecule has 2 rings (SSSR count). The molecule has 14 heavy (non-hydrogen) atoms. The molecule has 0 spiro atoms. The molecule has 0 fully saturated rings. The van der Waals surface area contributed by atoms with Gasteiger partial charge in [0, 0.05) is 6.20 Å². The molecular weight excluding hydrogens is 180 g/mol. The van der Waals surface area contributed by atoms with Crippen molar-refractivity contribution in [2.24, 2.45) is 0 Å². The zero-order chi connectivity index (χ0) is 9.97. The maximum Gasteiger partial charge on any atom is 0.167 e. The van der Waals surface area contributed by atoms with E-state index in [0.717, 1.165) is 0 Å². The van der Waals surface area contributed by atoms with E-state index in [-0.39, 0.29) is 0 Å². The lowest BCUT2D eigenvalue weighted by atomic mass is 10.4. The summed E-state index contributed by atoms with van der Waals surface area (Å²) in [6, 6.07) is 1.74. The van der Waals surface area contributed by atoms with Gasteiger partial charge >= 0.3 is 0 Å². The molecule has 0 amide bonds. The van der Waals surface area contributed by atoms with Crippen LogP contribution in [0.15, 0.2) is 18.5 Å². The second kappa shape index (κ2) is 3.37. The highest BCUT2D eigenvalue weighted by molar-refractivity contribution is 5.72. The molecular formula is C9H8N4O. The first-order chi connectivity index (χ1) is 6.79. The quantitative estimate of drug-likeness (QED) is 0.713. The van der Waals surface area contributed by atoms with E-state index in [4.69, 9.17) is 0 Å². The molecule has 0 bridgehead atoms. The third-order valence-electron chi connectivity index (χ3n) is 1.74. The van der Waals surface area contributed by atoms with E-state index in [0.29, 0.717) is 29.3 Å². The number of hydrogen-bond acceptors (Lipinski definition) is 4. The first kappa shape index (κ1) is 8.55. The monoisotopic (exact) mass is 188 g/mol. The van der Waals surface area contributed by atoms with Crippen LogP contribution in [0.2, 0.25) is 0 Å². The van der Waals surface area contributed by atoms with Crippen molar-refractivity contribution in [1.29, 1.82) is 0 Å². The average Bonchev–Trinajstić information content (AvgIpc) is 2.66. The van der Waals surface area contributed by atoms with E-state index in [9.17, 15) is 4.79 Å². The third-order valence-corrected chi connectivity index (χ3v) is 1.74. The molecule has 0 unspecified atom stereocenters. The lowest BCUT2D eigenvalue weighted by molar-refractivity contribution is 0.111. The molecule has 0 saturated heterocycles. The normalized spacial score (nSPS) is 10.1. The third kappa shape index (κ3) is 1.52. The minimum Gasteiger partial charge on any atom is -0.334 e. The number of hydrogen-bond donors (Lipinski definition) is 1. The minimum absolute atomic E-state index is 0.441. The van der Waals surface area contributed by atoms with Gasteiger partial charge in [0.1, 0.15) is 11.5 Å². The lowest BCUT2D eigenvalue weighted by Crippen LogP contribution is -1.91. The van der Waals surface area contributed by atoms with Crippen molar-refractivity contribution in [2.75, 3.05) is 0 Å². The first-order valence-electron chi connectivity index (χ1n) is 4.10. The Morgan fingerprint density at radius 1 is 1.43 bits per heavy atom. The van der Waals surface area contributed by atoms with Crippen molar-refractivity contribution < 1.29 is 4.79 Å². The molecule has 70 valence electrons. The van der Waals surface area contributed by atoms with Crippen LogP contribution in [-0.2, 0) is 0 Å². The van der Waals surface area contributed by atoms with Crippen molar-refractivity contribution in [3.8, 4) is 11.5 Å². The van der Waals surface area contributed by atoms with E-state index >= 15 is 0 Å². The van der Waals surface area contributed by atoms with Crippen molar-refractivity contribution in [1.82, 2.24) is 19.9 Å². The fourth-order valence-corrected chi connectivity index (χ4v) is 1.11. The lowest BCUT2D eigenvalue weighted by Gasteiger charge is -1.95. The van der Waals surface area contributed by atoms with Gasteiger partial charge in [-0.3, -0.25) is 4.79 Å². The van der Waals surface area contributed by atoms with Crippen molar-refractivity contribution in [2.45, 2.75) is 6.92 Å². The van der Waals surface area contributed by atoms with Crippen LogP contribution in [0.25, 0.3) is 11.5 Å². The van der Waals surface area contributed by atoms with Gasteiger partial charge in [0.25, 0.3) is 0 Å². The van der Waals surface area contributed by atoms with E-state index in [2.05, 4.69) is 19.9 Å².